The average Bonchev–Trinajstić information content (AvgIpc) is 1.96. The monoisotopic (exact) mass is 150 g/mol. The maximum absolute atomic E-state index is 5.01. The van der Waals surface area contributed by atoms with Gasteiger partial charge in [0.25, 0.3) is 0 Å². The van der Waals surface area contributed by atoms with E-state index in [1.165, 1.54) is 5.57 Å². The van der Waals surface area contributed by atoms with E-state index in [1.807, 2.05) is 32.1 Å². The molecule has 0 N–H and O–H groups in total. The summed E-state index contributed by atoms with van der Waals surface area (Å²) in [6.45, 7) is 5.08. The van der Waals surface area contributed by atoms with Crippen molar-refractivity contribution in [2.45, 2.75) is 13.8 Å². The van der Waals surface area contributed by atoms with E-state index in [0.717, 1.165) is 0 Å². The molecule has 0 amide bonds. The number of rotatable bonds is 4. The number of terminal acetylenes is 1. The lowest BCUT2D eigenvalue weighted by atomic mass is 10.3. The van der Waals surface area contributed by atoms with Crippen molar-refractivity contribution in [2.24, 2.45) is 0 Å². The molecular weight excluding hydrogens is 136 g/mol. The molecule has 0 atom stereocenters. The van der Waals surface area contributed by atoms with Gasteiger partial charge in [0.1, 0.15) is 6.61 Å². The van der Waals surface area contributed by atoms with Crippen LogP contribution >= 0.6 is 0 Å². The standard InChI is InChI=1S/C10H14O/c1-4-8-11-9-6-5-7-10(2)3/h1,5-7H,8-9H2,2-3H3/b6-5+. The third kappa shape index (κ3) is 9.00. The fraction of sp³-hybridized carbons (Fsp3) is 0.400. The largest absolute Gasteiger partial charge is 0.365 e. The van der Waals surface area contributed by atoms with Crippen LogP contribution in [-0.4, -0.2) is 13.2 Å². The Morgan fingerprint density at radius 1 is 1.55 bits per heavy atom. The lowest BCUT2D eigenvalue weighted by Crippen LogP contribution is -1.89. The number of ether oxygens (including phenoxy) is 1. The first-order valence-corrected chi connectivity index (χ1v) is 3.58. The van der Waals surface area contributed by atoms with Gasteiger partial charge in [0.05, 0.1) is 6.61 Å². The van der Waals surface area contributed by atoms with Gasteiger partial charge in [0, 0.05) is 0 Å². The molecule has 0 aliphatic carbocycles. The van der Waals surface area contributed by atoms with Crippen molar-refractivity contribution < 1.29 is 4.74 Å². The number of allylic oxidation sites excluding steroid dienone is 3. The Kier molecular flexibility index (Phi) is 6.46. The Morgan fingerprint density at radius 3 is 2.82 bits per heavy atom. The van der Waals surface area contributed by atoms with Crippen molar-refractivity contribution in [3.05, 3.63) is 23.8 Å². The molecule has 1 nitrogen and oxygen atoms in total. The second kappa shape index (κ2) is 7.11. The predicted octanol–water partition coefficient (Wildman–Crippen LogP) is 2.16. The van der Waals surface area contributed by atoms with Crippen LogP contribution in [0.1, 0.15) is 13.8 Å². The van der Waals surface area contributed by atoms with Gasteiger partial charge in [-0.15, -0.1) is 6.42 Å². The normalized spacial score (nSPS) is 9.55. The summed E-state index contributed by atoms with van der Waals surface area (Å²) >= 11 is 0. The van der Waals surface area contributed by atoms with Gasteiger partial charge < -0.3 is 4.74 Å². The van der Waals surface area contributed by atoms with Crippen LogP contribution in [0.25, 0.3) is 0 Å². The van der Waals surface area contributed by atoms with E-state index in [-0.39, 0.29) is 0 Å². The SMILES string of the molecule is C#CCOC/C=C/C=C(C)C. The van der Waals surface area contributed by atoms with Crippen molar-refractivity contribution in [3.63, 3.8) is 0 Å². The summed E-state index contributed by atoms with van der Waals surface area (Å²) in [5.74, 6) is 2.40. The Balaban J connectivity index is 3.32. The molecule has 0 fully saturated rings. The fourth-order valence-corrected chi connectivity index (χ4v) is 0.502. The fourth-order valence-electron chi connectivity index (χ4n) is 0.502. The van der Waals surface area contributed by atoms with Gasteiger partial charge in [-0.2, -0.15) is 0 Å². The minimum Gasteiger partial charge on any atom is -0.365 e. The Morgan fingerprint density at radius 2 is 2.27 bits per heavy atom. The lowest BCUT2D eigenvalue weighted by molar-refractivity contribution is 0.199. The van der Waals surface area contributed by atoms with Gasteiger partial charge in [-0.1, -0.05) is 29.7 Å². The van der Waals surface area contributed by atoms with Crippen molar-refractivity contribution in [1.82, 2.24) is 0 Å². The van der Waals surface area contributed by atoms with E-state index in [4.69, 9.17) is 11.2 Å². The summed E-state index contributed by atoms with van der Waals surface area (Å²) in [5, 5.41) is 0. The summed E-state index contributed by atoms with van der Waals surface area (Å²) < 4.78 is 5.01. The Hall–Kier alpha value is -1.00. The van der Waals surface area contributed by atoms with Crippen LogP contribution in [0.3, 0.4) is 0 Å². The Labute approximate surface area is 68.8 Å². The van der Waals surface area contributed by atoms with Gasteiger partial charge in [-0.3, -0.25) is 0 Å². The number of hydrogen-bond donors (Lipinski definition) is 0. The van der Waals surface area contributed by atoms with Gasteiger partial charge in [0.15, 0.2) is 0 Å². The quantitative estimate of drug-likeness (QED) is 0.339. The summed E-state index contributed by atoms with van der Waals surface area (Å²) in [4.78, 5) is 0. The summed E-state index contributed by atoms with van der Waals surface area (Å²) in [5.41, 5.74) is 1.28. The molecule has 0 aromatic carbocycles. The molecule has 0 unspecified atom stereocenters. The molecule has 0 aliphatic heterocycles. The first-order valence-electron chi connectivity index (χ1n) is 3.58. The van der Waals surface area contributed by atoms with Crippen LogP contribution in [0.5, 0.6) is 0 Å². The molecule has 0 saturated carbocycles. The molecule has 0 rings (SSSR count). The zero-order valence-corrected chi connectivity index (χ0v) is 7.13. The van der Waals surface area contributed by atoms with E-state index >= 15 is 0 Å². The molecule has 0 spiro atoms. The minimum atomic E-state index is 0.388. The zero-order valence-electron chi connectivity index (χ0n) is 7.13. The molecular formula is C10H14O. The molecule has 60 valence electrons. The van der Waals surface area contributed by atoms with Gasteiger partial charge >= 0.3 is 0 Å². The topological polar surface area (TPSA) is 9.23 Å². The first kappa shape index (κ1) is 10.0. The van der Waals surface area contributed by atoms with Gasteiger partial charge in [0.2, 0.25) is 0 Å². The highest BCUT2D eigenvalue weighted by molar-refractivity contribution is 5.08. The maximum atomic E-state index is 5.01. The van der Waals surface area contributed by atoms with E-state index in [0.29, 0.717) is 13.2 Å². The molecule has 0 heterocycles. The molecule has 0 saturated heterocycles. The maximum Gasteiger partial charge on any atom is 0.107 e. The van der Waals surface area contributed by atoms with Crippen molar-refractivity contribution in [3.8, 4) is 12.3 Å². The zero-order chi connectivity index (χ0) is 8.53. The van der Waals surface area contributed by atoms with Crippen LogP contribution in [0.4, 0.5) is 0 Å². The average molecular weight is 150 g/mol. The number of hydrogen-bond acceptors (Lipinski definition) is 1. The predicted molar refractivity (Wildman–Crippen MR) is 48.2 cm³/mol. The van der Waals surface area contributed by atoms with E-state index in [9.17, 15) is 0 Å². The van der Waals surface area contributed by atoms with E-state index in [2.05, 4.69) is 5.92 Å². The highest BCUT2D eigenvalue weighted by atomic mass is 16.5. The van der Waals surface area contributed by atoms with Crippen LogP contribution < -0.4 is 0 Å². The molecule has 1 heteroatoms. The first-order chi connectivity index (χ1) is 5.27. The molecule has 0 aromatic rings. The third-order valence-electron chi connectivity index (χ3n) is 0.965. The third-order valence-corrected chi connectivity index (χ3v) is 0.965. The second-order valence-corrected chi connectivity index (χ2v) is 2.39. The summed E-state index contributed by atoms with van der Waals surface area (Å²) in [6.07, 6.45) is 10.9. The molecule has 0 bridgehead atoms. The van der Waals surface area contributed by atoms with E-state index < -0.39 is 0 Å². The minimum absolute atomic E-state index is 0.388. The smallest absolute Gasteiger partial charge is 0.107 e. The van der Waals surface area contributed by atoms with Crippen molar-refractivity contribution >= 4 is 0 Å². The molecule has 11 heavy (non-hydrogen) atoms. The molecule has 0 aromatic heterocycles. The van der Waals surface area contributed by atoms with E-state index in [1.54, 1.807) is 0 Å². The summed E-state index contributed by atoms with van der Waals surface area (Å²) in [7, 11) is 0. The highest BCUT2D eigenvalue weighted by Gasteiger charge is 1.75. The van der Waals surface area contributed by atoms with Gasteiger partial charge in [-0.25, -0.2) is 0 Å². The van der Waals surface area contributed by atoms with Gasteiger partial charge in [-0.05, 0) is 13.8 Å². The second-order valence-electron chi connectivity index (χ2n) is 2.39. The lowest BCUT2D eigenvalue weighted by Gasteiger charge is -1.90. The van der Waals surface area contributed by atoms with Crippen LogP contribution in [0.15, 0.2) is 23.8 Å². The van der Waals surface area contributed by atoms with Crippen LogP contribution in [0, 0.1) is 12.3 Å². The Bertz CT molecular complexity index is 178. The summed E-state index contributed by atoms with van der Waals surface area (Å²) in [6, 6.07) is 0. The molecule has 0 radical (unpaired) electrons. The van der Waals surface area contributed by atoms with Crippen molar-refractivity contribution in [1.29, 1.82) is 0 Å². The highest BCUT2D eigenvalue weighted by Crippen LogP contribution is 1.88. The molecule has 0 aliphatic rings. The van der Waals surface area contributed by atoms with Crippen LogP contribution in [0.2, 0.25) is 0 Å². The van der Waals surface area contributed by atoms with Crippen LogP contribution in [-0.2, 0) is 4.74 Å². The van der Waals surface area contributed by atoms with Crippen molar-refractivity contribution in [2.75, 3.05) is 13.2 Å².